The Morgan fingerprint density at radius 2 is 1.79 bits per heavy atom. The van der Waals surface area contributed by atoms with Crippen LogP contribution in [0.5, 0.6) is 11.5 Å². The Kier molecular flexibility index (Phi) is 11.5. The summed E-state index contributed by atoms with van der Waals surface area (Å²) in [5.74, 6) is 0.318. The lowest BCUT2D eigenvalue weighted by molar-refractivity contribution is -0.113. The number of para-hydroxylation sites is 1. The average molecular weight is 833 g/mol. The first-order valence-corrected chi connectivity index (χ1v) is 20.1. The number of nitrogen functional groups attached to an aromatic ring is 1. The van der Waals surface area contributed by atoms with Gasteiger partial charge in [0.15, 0.2) is 12.0 Å². The fourth-order valence-corrected chi connectivity index (χ4v) is 7.69. The first kappa shape index (κ1) is 41.0. The second-order valence-electron chi connectivity index (χ2n) is 15.4. The third-order valence-electron chi connectivity index (χ3n) is 11.0. The minimum atomic E-state index is -0.675. The number of carbonyl (C=O) groups excluding carboxylic acids is 2. The molecule has 7 aromatic rings. The SMILES string of the molecule is Cc1ccccc1Nc1nc2cc(F)c(N(C)C(=O)/C=C/CN(C)Cc3ccc(Oc4ccc(-c5nn([C@@H]6CCCN(C#N)C6)c(N)c5C(N)=O)cc4)cc3)cc2n2cncc12. The molecule has 0 aliphatic carbocycles. The number of aromatic nitrogens is 5. The van der Waals surface area contributed by atoms with Crippen LogP contribution in [0.25, 0.3) is 27.8 Å². The largest absolute Gasteiger partial charge is 0.457 e. The number of primary amides is 1. The number of carbonyl (C=O) groups is 2. The second-order valence-corrected chi connectivity index (χ2v) is 15.4. The van der Waals surface area contributed by atoms with Gasteiger partial charge in [-0.05, 0) is 86.5 Å². The van der Waals surface area contributed by atoms with Crippen LogP contribution in [-0.4, -0.2) is 79.5 Å². The van der Waals surface area contributed by atoms with Crippen LogP contribution < -0.4 is 26.4 Å². The summed E-state index contributed by atoms with van der Waals surface area (Å²) in [6.45, 7) is 4.20. The fourth-order valence-electron chi connectivity index (χ4n) is 7.69. The smallest absolute Gasteiger partial charge is 0.254 e. The van der Waals surface area contributed by atoms with E-state index in [4.69, 9.17) is 21.2 Å². The molecule has 1 aliphatic rings. The number of amides is 2. The summed E-state index contributed by atoms with van der Waals surface area (Å²) in [5, 5.41) is 17.4. The summed E-state index contributed by atoms with van der Waals surface area (Å²) in [7, 11) is 3.48. The van der Waals surface area contributed by atoms with Gasteiger partial charge >= 0.3 is 0 Å². The van der Waals surface area contributed by atoms with Crippen LogP contribution in [0.2, 0.25) is 0 Å². The zero-order valence-corrected chi connectivity index (χ0v) is 34.5. The monoisotopic (exact) mass is 832 g/mol. The molecule has 2 amide bonds. The van der Waals surface area contributed by atoms with Gasteiger partial charge < -0.3 is 31.3 Å². The van der Waals surface area contributed by atoms with E-state index in [1.54, 1.807) is 65.6 Å². The molecule has 4 heterocycles. The van der Waals surface area contributed by atoms with Crippen molar-refractivity contribution in [3.63, 3.8) is 0 Å². The minimum Gasteiger partial charge on any atom is -0.457 e. The van der Waals surface area contributed by atoms with E-state index in [9.17, 15) is 14.9 Å². The molecule has 0 radical (unpaired) electrons. The number of hydrogen-bond acceptors (Lipinski definition) is 11. The standard InChI is InChI=1S/C46H45FN12O3/c1-29-8-4-5-10-36(29)52-46-40-24-51-28-58(40)39-23-38(35(47)22-37(39)53-46)56(3)41(60)11-7-20-55(2)25-30-12-16-33(17-13-30)62-34-18-14-31(15-19-34)43-42(45(50)61)44(49)59(54-43)32-9-6-21-57(26-32)27-48/h4-5,7-8,10-19,22-24,28,32H,6,9,20-21,25-26,49H2,1-3H3,(H2,50,61)(H,52,53)/b11-7+/t32-/m1/s1. The highest BCUT2D eigenvalue weighted by Gasteiger charge is 2.28. The fraction of sp³-hybridized carbons (Fsp3) is 0.217. The van der Waals surface area contributed by atoms with Gasteiger partial charge in [0.1, 0.15) is 39.9 Å². The molecule has 1 fully saturated rings. The first-order chi connectivity index (χ1) is 30.0. The molecule has 16 heteroatoms. The zero-order chi connectivity index (χ0) is 43.5. The number of nitriles is 1. The lowest BCUT2D eigenvalue weighted by Gasteiger charge is -2.29. The lowest BCUT2D eigenvalue weighted by atomic mass is 10.1. The highest BCUT2D eigenvalue weighted by atomic mass is 19.1. The Hall–Kier alpha value is -7.77. The number of piperidine rings is 1. The molecule has 1 saturated heterocycles. The second kappa shape index (κ2) is 17.4. The molecule has 62 heavy (non-hydrogen) atoms. The third-order valence-corrected chi connectivity index (χ3v) is 11.0. The van der Waals surface area contributed by atoms with Crippen LogP contribution in [0.3, 0.4) is 0 Å². The number of hydrogen-bond donors (Lipinski definition) is 3. The molecule has 314 valence electrons. The van der Waals surface area contributed by atoms with Crippen molar-refractivity contribution in [1.82, 2.24) is 33.9 Å². The third kappa shape index (κ3) is 8.47. The summed E-state index contributed by atoms with van der Waals surface area (Å²) in [6.07, 6.45) is 10.3. The summed E-state index contributed by atoms with van der Waals surface area (Å²) < 4.78 is 25.1. The van der Waals surface area contributed by atoms with E-state index in [2.05, 4.69) is 21.6 Å². The van der Waals surface area contributed by atoms with Gasteiger partial charge in [0.2, 0.25) is 0 Å². The molecular formula is C46H45FN12O3. The summed E-state index contributed by atoms with van der Waals surface area (Å²) in [4.78, 5) is 39.7. The molecule has 1 atom stereocenters. The molecule has 15 nitrogen and oxygen atoms in total. The number of halogens is 1. The maximum atomic E-state index is 15.6. The Morgan fingerprint density at radius 1 is 1.05 bits per heavy atom. The van der Waals surface area contributed by atoms with E-state index < -0.39 is 11.7 Å². The number of ether oxygens (including phenoxy) is 1. The number of imidazole rings is 1. The van der Waals surface area contributed by atoms with Crippen LogP contribution >= 0.6 is 0 Å². The van der Waals surface area contributed by atoms with Gasteiger partial charge in [-0.1, -0.05) is 36.4 Å². The number of aryl methyl sites for hydroxylation is 1. The first-order valence-electron chi connectivity index (χ1n) is 20.1. The molecule has 4 aromatic carbocycles. The molecule has 1 aliphatic heterocycles. The van der Waals surface area contributed by atoms with Gasteiger partial charge in [-0.2, -0.15) is 10.4 Å². The van der Waals surface area contributed by atoms with Crippen molar-refractivity contribution in [3.05, 3.63) is 132 Å². The highest BCUT2D eigenvalue weighted by Crippen LogP contribution is 2.34. The van der Waals surface area contributed by atoms with Crippen LogP contribution in [0.4, 0.5) is 27.4 Å². The van der Waals surface area contributed by atoms with Crippen molar-refractivity contribution in [2.75, 3.05) is 49.7 Å². The molecule has 0 spiro atoms. The van der Waals surface area contributed by atoms with Gasteiger partial charge in [-0.25, -0.2) is 19.0 Å². The van der Waals surface area contributed by atoms with E-state index in [-0.39, 0.29) is 29.0 Å². The predicted octanol–water partition coefficient (Wildman–Crippen LogP) is 7.18. The average Bonchev–Trinajstić information content (AvgIpc) is 3.91. The normalized spacial score (nSPS) is 14.1. The van der Waals surface area contributed by atoms with Crippen molar-refractivity contribution in [3.8, 4) is 28.9 Å². The van der Waals surface area contributed by atoms with Gasteiger partial charge in [-0.15, -0.1) is 0 Å². The van der Waals surface area contributed by atoms with Crippen molar-refractivity contribution < 1.29 is 18.7 Å². The number of nitrogens with zero attached hydrogens (tertiary/aromatic N) is 9. The molecule has 0 saturated carbocycles. The summed E-state index contributed by atoms with van der Waals surface area (Å²) in [6, 6.07) is 25.5. The predicted molar refractivity (Wildman–Crippen MR) is 236 cm³/mol. The van der Waals surface area contributed by atoms with E-state index >= 15 is 4.39 Å². The molecule has 8 rings (SSSR count). The molecule has 0 bridgehead atoms. The number of likely N-dealkylation sites (N-methyl/N-ethyl adjacent to an activating group) is 2. The van der Waals surface area contributed by atoms with E-state index in [0.29, 0.717) is 71.3 Å². The molecular weight excluding hydrogens is 788 g/mol. The maximum Gasteiger partial charge on any atom is 0.254 e. The number of nitrogens with one attached hydrogen (secondary N) is 1. The van der Waals surface area contributed by atoms with Crippen molar-refractivity contribution in [2.45, 2.75) is 32.4 Å². The Labute approximate surface area is 357 Å². The van der Waals surface area contributed by atoms with E-state index in [1.165, 1.54) is 17.0 Å². The van der Waals surface area contributed by atoms with Gasteiger partial charge in [-0.3, -0.25) is 18.9 Å². The number of benzene rings is 4. The summed E-state index contributed by atoms with van der Waals surface area (Å²) >= 11 is 0. The van der Waals surface area contributed by atoms with Gasteiger partial charge in [0.05, 0.1) is 41.8 Å². The highest BCUT2D eigenvalue weighted by molar-refractivity contribution is 6.04. The van der Waals surface area contributed by atoms with Crippen LogP contribution in [0.1, 0.15) is 40.4 Å². The quantitative estimate of drug-likeness (QED) is 0.0789. The minimum absolute atomic E-state index is 0.120. The van der Waals surface area contributed by atoms with Crippen LogP contribution in [0, 0.1) is 24.2 Å². The van der Waals surface area contributed by atoms with Crippen molar-refractivity contribution in [2.24, 2.45) is 5.73 Å². The molecule has 5 N–H and O–H groups in total. The Morgan fingerprint density at radius 3 is 2.52 bits per heavy atom. The topological polar surface area (TPSA) is 189 Å². The Bertz CT molecular complexity index is 2860. The number of nitrogens with two attached hydrogens (primary N) is 2. The number of likely N-dealkylation sites (tertiary alicyclic amines) is 1. The van der Waals surface area contributed by atoms with Crippen LogP contribution in [-0.2, 0) is 11.3 Å². The summed E-state index contributed by atoms with van der Waals surface area (Å²) in [5.41, 5.74) is 18.1. The zero-order valence-electron chi connectivity index (χ0n) is 34.5. The maximum absolute atomic E-state index is 15.6. The van der Waals surface area contributed by atoms with E-state index in [0.717, 1.165) is 29.7 Å². The van der Waals surface area contributed by atoms with Crippen LogP contribution in [0.15, 0.2) is 110 Å². The molecule has 0 unspecified atom stereocenters. The Balaban J connectivity index is 0.867. The van der Waals surface area contributed by atoms with Crippen molar-refractivity contribution in [1.29, 1.82) is 5.26 Å². The number of rotatable bonds is 13. The van der Waals surface area contributed by atoms with Gasteiger partial charge in [0, 0.05) is 50.1 Å². The van der Waals surface area contributed by atoms with Crippen molar-refractivity contribution >= 4 is 51.4 Å². The number of anilines is 4. The lowest BCUT2D eigenvalue weighted by Crippen LogP contribution is -2.34. The van der Waals surface area contributed by atoms with Gasteiger partial charge in [0.25, 0.3) is 11.8 Å². The number of fused-ring (bicyclic) bond motifs is 3. The molecule has 3 aromatic heterocycles. The van der Waals surface area contributed by atoms with E-state index in [1.807, 2.05) is 71.8 Å².